The Morgan fingerprint density at radius 3 is 2.94 bits per heavy atom. The highest BCUT2D eigenvalue weighted by molar-refractivity contribution is 5.85. The van der Waals surface area contributed by atoms with Crippen molar-refractivity contribution in [3.05, 3.63) is 18.1 Å². The molecule has 0 aliphatic heterocycles. The van der Waals surface area contributed by atoms with Crippen LogP contribution in [-0.2, 0) is 4.74 Å². The lowest BCUT2D eigenvalue weighted by Crippen LogP contribution is -2.29. The second-order valence-corrected chi connectivity index (χ2v) is 3.46. The van der Waals surface area contributed by atoms with Crippen molar-refractivity contribution in [2.24, 2.45) is 0 Å². The van der Waals surface area contributed by atoms with E-state index in [4.69, 9.17) is 15.1 Å². The summed E-state index contributed by atoms with van der Waals surface area (Å²) in [5, 5.41) is 17.4. The number of aromatic nitrogens is 2. The molecule has 1 rings (SSSR count). The van der Waals surface area contributed by atoms with Gasteiger partial charge in [0.25, 0.3) is 0 Å². The number of aromatic carboxylic acids is 1. The topological polar surface area (TPSA) is 99.3 Å². The predicted octanol–water partition coefficient (Wildman–Crippen LogP) is 0.541. The van der Waals surface area contributed by atoms with Gasteiger partial charge in [0.05, 0.1) is 31.5 Å². The summed E-state index contributed by atoms with van der Waals surface area (Å²) in [5.41, 5.74) is -0.119. The summed E-state index contributed by atoms with van der Waals surface area (Å²) in [7, 11) is 1.57. The van der Waals surface area contributed by atoms with Crippen LogP contribution in [0.25, 0.3) is 0 Å². The summed E-state index contributed by atoms with van der Waals surface area (Å²) in [6.45, 7) is 1.44. The van der Waals surface area contributed by atoms with Gasteiger partial charge in [0.15, 0.2) is 5.69 Å². The van der Waals surface area contributed by atoms with Gasteiger partial charge in [-0.2, -0.15) is 5.26 Å². The number of carboxylic acids is 1. The molecule has 0 radical (unpaired) electrons. The van der Waals surface area contributed by atoms with E-state index in [9.17, 15) is 4.79 Å². The van der Waals surface area contributed by atoms with Crippen molar-refractivity contribution in [3.8, 4) is 6.07 Å². The number of anilines is 1. The normalized spacial score (nSPS) is 9.78. The van der Waals surface area contributed by atoms with Crippen molar-refractivity contribution < 1.29 is 14.6 Å². The third-order valence-corrected chi connectivity index (χ3v) is 2.22. The summed E-state index contributed by atoms with van der Waals surface area (Å²) >= 11 is 0. The van der Waals surface area contributed by atoms with Gasteiger partial charge in [0.2, 0.25) is 0 Å². The second kappa shape index (κ2) is 7.19. The van der Waals surface area contributed by atoms with Gasteiger partial charge in [-0.15, -0.1) is 0 Å². The fourth-order valence-electron chi connectivity index (χ4n) is 1.34. The molecule has 1 aromatic rings. The van der Waals surface area contributed by atoms with Gasteiger partial charge in [-0.05, 0) is 0 Å². The van der Waals surface area contributed by atoms with Crippen molar-refractivity contribution in [1.29, 1.82) is 5.26 Å². The first-order chi connectivity index (χ1) is 8.69. The quantitative estimate of drug-likeness (QED) is 0.753. The van der Waals surface area contributed by atoms with Gasteiger partial charge >= 0.3 is 5.97 Å². The number of nitrogens with zero attached hydrogens (tertiary/aromatic N) is 4. The average Bonchev–Trinajstić information content (AvgIpc) is 2.39. The van der Waals surface area contributed by atoms with Crippen molar-refractivity contribution in [2.45, 2.75) is 6.42 Å². The zero-order chi connectivity index (χ0) is 13.4. The lowest BCUT2D eigenvalue weighted by Gasteiger charge is -2.21. The van der Waals surface area contributed by atoms with Crippen LogP contribution in [0.15, 0.2) is 12.4 Å². The SMILES string of the molecule is COCCN(CCC#N)c1cncc(C(=O)O)n1. The number of carboxylic acid groups (broad SMARTS) is 1. The van der Waals surface area contributed by atoms with Gasteiger partial charge in [-0.1, -0.05) is 0 Å². The molecule has 0 amide bonds. The smallest absolute Gasteiger partial charge is 0.356 e. The predicted molar refractivity (Wildman–Crippen MR) is 63.3 cm³/mol. The minimum Gasteiger partial charge on any atom is -0.476 e. The molecule has 7 nitrogen and oxygen atoms in total. The molecule has 0 spiro atoms. The number of nitriles is 1. The number of carbonyl (C=O) groups is 1. The van der Waals surface area contributed by atoms with Gasteiger partial charge in [-0.3, -0.25) is 4.98 Å². The van der Waals surface area contributed by atoms with Gasteiger partial charge in [-0.25, -0.2) is 9.78 Å². The highest BCUT2D eigenvalue weighted by Gasteiger charge is 2.11. The molecule has 1 N–H and O–H groups in total. The zero-order valence-electron chi connectivity index (χ0n) is 10.0. The molecule has 1 aromatic heterocycles. The van der Waals surface area contributed by atoms with Crippen molar-refractivity contribution in [2.75, 3.05) is 31.7 Å². The molecular weight excluding hydrogens is 236 g/mol. The van der Waals surface area contributed by atoms with E-state index in [0.717, 1.165) is 0 Å². The van der Waals surface area contributed by atoms with E-state index in [2.05, 4.69) is 9.97 Å². The lowest BCUT2D eigenvalue weighted by molar-refractivity contribution is 0.0690. The van der Waals surface area contributed by atoms with Crippen LogP contribution in [0.3, 0.4) is 0 Å². The minimum atomic E-state index is -1.13. The van der Waals surface area contributed by atoms with E-state index in [0.29, 0.717) is 31.9 Å². The van der Waals surface area contributed by atoms with E-state index >= 15 is 0 Å². The molecule has 0 fully saturated rings. The Kier molecular flexibility index (Phi) is 5.54. The number of methoxy groups -OCH3 is 1. The first-order valence-corrected chi connectivity index (χ1v) is 5.35. The molecule has 0 saturated carbocycles. The molecule has 0 atom stereocenters. The van der Waals surface area contributed by atoms with Crippen LogP contribution >= 0.6 is 0 Å². The molecule has 0 saturated heterocycles. The molecule has 0 bridgehead atoms. The molecule has 0 unspecified atom stereocenters. The number of hydrogen-bond acceptors (Lipinski definition) is 6. The largest absolute Gasteiger partial charge is 0.476 e. The molecule has 0 aliphatic rings. The Labute approximate surface area is 105 Å². The highest BCUT2D eigenvalue weighted by atomic mass is 16.5. The number of hydrogen-bond donors (Lipinski definition) is 1. The molecular formula is C11H14N4O3. The summed E-state index contributed by atoms with van der Waals surface area (Å²) < 4.78 is 4.96. The van der Waals surface area contributed by atoms with E-state index in [1.807, 2.05) is 6.07 Å². The fourth-order valence-corrected chi connectivity index (χ4v) is 1.34. The van der Waals surface area contributed by atoms with Crippen LogP contribution in [0.1, 0.15) is 16.9 Å². The van der Waals surface area contributed by atoms with Crippen LogP contribution < -0.4 is 4.90 Å². The van der Waals surface area contributed by atoms with E-state index in [1.165, 1.54) is 12.4 Å². The van der Waals surface area contributed by atoms with Crippen molar-refractivity contribution in [1.82, 2.24) is 9.97 Å². The van der Waals surface area contributed by atoms with E-state index in [-0.39, 0.29) is 5.69 Å². The monoisotopic (exact) mass is 250 g/mol. The number of ether oxygens (including phenoxy) is 1. The molecule has 96 valence electrons. The summed E-state index contributed by atoms with van der Waals surface area (Å²) in [6.07, 6.45) is 2.98. The van der Waals surface area contributed by atoms with E-state index < -0.39 is 5.97 Å². The average molecular weight is 250 g/mol. The van der Waals surface area contributed by atoms with Crippen LogP contribution in [0.5, 0.6) is 0 Å². The Hall–Kier alpha value is -2.20. The number of rotatable bonds is 7. The Morgan fingerprint density at radius 1 is 1.56 bits per heavy atom. The van der Waals surface area contributed by atoms with Crippen LogP contribution in [0.4, 0.5) is 5.82 Å². The molecule has 1 heterocycles. The van der Waals surface area contributed by atoms with Crippen LogP contribution in [-0.4, -0.2) is 47.8 Å². The standard InChI is InChI=1S/C11H14N4O3/c1-18-6-5-15(4-2-3-12)10-8-13-7-9(14-10)11(16)17/h7-8H,2,4-6H2,1H3,(H,16,17). The first-order valence-electron chi connectivity index (χ1n) is 5.35. The Bertz CT molecular complexity index is 444. The summed E-state index contributed by atoms with van der Waals surface area (Å²) in [4.78, 5) is 20.4. The first kappa shape index (κ1) is 13.9. The Balaban J connectivity index is 2.86. The third-order valence-electron chi connectivity index (χ3n) is 2.22. The van der Waals surface area contributed by atoms with Crippen LogP contribution in [0.2, 0.25) is 0 Å². The van der Waals surface area contributed by atoms with E-state index in [1.54, 1.807) is 12.0 Å². The summed E-state index contributed by atoms with van der Waals surface area (Å²) in [6, 6.07) is 2.03. The Morgan fingerprint density at radius 2 is 2.33 bits per heavy atom. The fraction of sp³-hybridized carbons (Fsp3) is 0.455. The lowest BCUT2D eigenvalue weighted by atomic mass is 10.3. The third kappa shape index (κ3) is 3.99. The second-order valence-electron chi connectivity index (χ2n) is 3.46. The van der Waals surface area contributed by atoms with Crippen molar-refractivity contribution >= 4 is 11.8 Å². The molecule has 18 heavy (non-hydrogen) atoms. The zero-order valence-corrected chi connectivity index (χ0v) is 10.0. The maximum Gasteiger partial charge on any atom is 0.356 e. The molecule has 7 heteroatoms. The van der Waals surface area contributed by atoms with Crippen molar-refractivity contribution in [3.63, 3.8) is 0 Å². The molecule has 0 aromatic carbocycles. The summed E-state index contributed by atoms with van der Waals surface area (Å²) in [5.74, 6) is -0.696. The minimum absolute atomic E-state index is 0.119. The molecule has 0 aliphatic carbocycles. The van der Waals surface area contributed by atoms with Gasteiger partial charge in [0.1, 0.15) is 5.82 Å². The van der Waals surface area contributed by atoms with Gasteiger partial charge < -0.3 is 14.7 Å². The highest BCUT2D eigenvalue weighted by Crippen LogP contribution is 2.10. The maximum atomic E-state index is 10.8. The van der Waals surface area contributed by atoms with Gasteiger partial charge in [0, 0.05) is 20.2 Å². The maximum absolute atomic E-state index is 10.8. The van der Waals surface area contributed by atoms with Crippen LogP contribution in [0, 0.1) is 11.3 Å².